The first-order valence-corrected chi connectivity index (χ1v) is 9.60. The van der Waals surface area contributed by atoms with E-state index in [-0.39, 0.29) is 37.7 Å². The van der Waals surface area contributed by atoms with Crippen LogP contribution in [0.4, 0.5) is 18.9 Å². The Balaban J connectivity index is 1.94. The van der Waals surface area contributed by atoms with Gasteiger partial charge in [0.25, 0.3) is 0 Å². The highest BCUT2D eigenvalue weighted by Crippen LogP contribution is 2.35. The summed E-state index contributed by atoms with van der Waals surface area (Å²) in [7, 11) is 1.48. The van der Waals surface area contributed by atoms with Crippen LogP contribution in [0.5, 0.6) is 11.5 Å². The lowest BCUT2D eigenvalue weighted by molar-refractivity contribution is -0.137. The number of anilines is 1. The van der Waals surface area contributed by atoms with Gasteiger partial charge in [0.1, 0.15) is 18.1 Å². The first-order chi connectivity index (χ1) is 13.8. The minimum Gasteiger partial charge on any atom is -0.492 e. The molecule has 5 nitrogen and oxygen atoms in total. The molecule has 0 saturated carbocycles. The van der Waals surface area contributed by atoms with E-state index < -0.39 is 17.6 Å². The van der Waals surface area contributed by atoms with Crippen LogP contribution in [0.3, 0.4) is 0 Å². The predicted molar refractivity (Wildman–Crippen MR) is 106 cm³/mol. The minimum absolute atomic E-state index is 0.0346. The quantitative estimate of drug-likeness (QED) is 0.474. The molecule has 9 heteroatoms. The van der Waals surface area contributed by atoms with Gasteiger partial charge < -0.3 is 19.5 Å². The monoisotopic (exact) mass is 475 g/mol. The van der Waals surface area contributed by atoms with Gasteiger partial charge >= 0.3 is 6.18 Å². The molecule has 0 aliphatic carbocycles. The van der Waals surface area contributed by atoms with Crippen LogP contribution in [-0.4, -0.2) is 32.8 Å². The first kappa shape index (κ1) is 23.0. The van der Waals surface area contributed by atoms with Crippen molar-refractivity contribution in [2.75, 3.05) is 32.2 Å². The van der Waals surface area contributed by atoms with E-state index in [1.54, 1.807) is 6.07 Å². The summed E-state index contributed by atoms with van der Waals surface area (Å²) < 4.78 is 55.6. The van der Waals surface area contributed by atoms with Crippen LogP contribution in [-0.2, 0) is 15.7 Å². The fraction of sp³-hybridized carbons (Fsp3) is 0.350. The number of hydrogen-bond acceptors (Lipinski definition) is 4. The van der Waals surface area contributed by atoms with Gasteiger partial charge in [0, 0.05) is 13.5 Å². The van der Waals surface area contributed by atoms with Crippen LogP contribution < -0.4 is 14.8 Å². The number of alkyl halides is 3. The molecule has 158 valence electrons. The molecule has 0 spiro atoms. The summed E-state index contributed by atoms with van der Waals surface area (Å²) in [5.41, 5.74) is -0.906. The van der Waals surface area contributed by atoms with Crippen molar-refractivity contribution in [1.82, 2.24) is 0 Å². The Labute approximate surface area is 175 Å². The Kier molecular flexibility index (Phi) is 8.78. The van der Waals surface area contributed by atoms with Crippen molar-refractivity contribution in [3.05, 3.63) is 52.5 Å². The summed E-state index contributed by atoms with van der Waals surface area (Å²) in [6.07, 6.45) is -4.05. The van der Waals surface area contributed by atoms with E-state index in [1.165, 1.54) is 13.2 Å². The zero-order valence-electron chi connectivity index (χ0n) is 15.7. The molecular weight excluding hydrogens is 455 g/mol. The Bertz CT molecular complexity index is 815. The molecule has 0 saturated heterocycles. The lowest BCUT2D eigenvalue weighted by Gasteiger charge is -2.15. The van der Waals surface area contributed by atoms with E-state index >= 15 is 0 Å². The minimum atomic E-state index is -4.53. The van der Waals surface area contributed by atoms with Gasteiger partial charge in [0.15, 0.2) is 0 Å². The summed E-state index contributed by atoms with van der Waals surface area (Å²) in [6, 6.07) is 10.2. The normalized spacial score (nSPS) is 11.2. The first-order valence-electron chi connectivity index (χ1n) is 8.81. The number of nitrogens with one attached hydrogen (secondary N) is 1. The third-order valence-corrected chi connectivity index (χ3v) is 4.42. The van der Waals surface area contributed by atoms with Crippen molar-refractivity contribution in [3.63, 3.8) is 0 Å². The molecule has 0 aliphatic rings. The number of halogens is 4. The number of carbonyl (C=O) groups excluding carboxylic acids is 1. The highest BCUT2D eigenvalue weighted by atomic mass is 79.9. The van der Waals surface area contributed by atoms with Gasteiger partial charge in [0.2, 0.25) is 5.91 Å². The van der Waals surface area contributed by atoms with Gasteiger partial charge in [0.05, 0.1) is 28.9 Å². The van der Waals surface area contributed by atoms with Crippen LogP contribution in [0.1, 0.15) is 18.4 Å². The number of ether oxygens (including phenoxy) is 3. The fourth-order valence-electron chi connectivity index (χ4n) is 2.35. The fourth-order valence-corrected chi connectivity index (χ4v) is 2.75. The third kappa shape index (κ3) is 7.58. The molecule has 0 aromatic heterocycles. The van der Waals surface area contributed by atoms with Crippen molar-refractivity contribution >= 4 is 27.5 Å². The molecular formula is C20H21BrF3NO4. The molecule has 0 heterocycles. The molecule has 0 atom stereocenters. The smallest absolute Gasteiger partial charge is 0.416 e. The molecule has 0 fully saturated rings. The van der Waals surface area contributed by atoms with Crippen LogP contribution >= 0.6 is 15.9 Å². The van der Waals surface area contributed by atoms with Crippen LogP contribution in [0, 0.1) is 0 Å². The van der Waals surface area contributed by atoms with Crippen LogP contribution in [0.2, 0.25) is 0 Å². The molecule has 0 bridgehead atoms. The van der Waals surface area contributed by atoms with Crippen molar-refractivity contribution in [2.45, 2.75) is 19.0 Å². The molecule has 1 amide bonds. The molecule has 1 N–H and O–H groups in total. The van der Waals surface area contributed by atoms with Gasteiger partial charge in [-0.05, 0) is 52.7 Å². The van der Waals surface area contributed by atoms with Crippen molar-refractivity contribution < 1.29 is 32.2 Å². The predicted octanol–water partition coefficient (Wildman–Crippen LogP) is 5.29. The van der Waals surface area contributed by atoms with E-state index in [0.717, 1.165) is 16.6 Å². The number of hydrogen-bond donors (Lipinski definition) is 1. The lowest BCUT2D eigenvalue weighted by Crippen LogP contribution is -2.16. The van der Waals surface area contributed by atoms with Gasteiger partial charge in [-0.1, -0.05) is 12.1 Å². The second kappa shape index (κ2) is 11.1. The van der Waals surface area contributed by atoms with E-state index in [2.05, 4.69) is 21.2 Å². The van der Waals surface area contributed by atoms with E-state index in [4.69, 9.17) is 14.2 Å². The zero-order valence-corrected chi connectivity index (χ0v) is 17.3. The van der Waals surface area contributed by atoms with Gasteiger partial charge in [-0.3, -0.25) is 4.79 Å². The molecule has 2 rings (SSSR count). The van der Waals surface area contributed by atoms with Crippen molar-refractivity contribution in [3.8, 4) is 11.5 Å². The standard InChI is InChI=1S/C20H21BrF3NO4/c1-27-11-12-29-18-9-8-14(20(22,23)24)13-16(18)25-19(26)7-4-10-28-17-6-3-2-5-15(17)21/h2-3,5-6,8-9,13H,4,7,10-12H2,1H3,(H,25,26). The van der Waals surface area contributed by atoms with Gasteiger partial charge in [-0.2, -0.15) is 13.2 Å². The highest BCUT2D eigenvalue weighted by molar-refractivity contribution is 9.10. The highest BCUT2D eigenvalue weighted by Gasteiger charge is 2.31. The van der Waals surface area contributed by atoms with Crippen LogP contribution in [0.25, 0.3) is 0 Å². The Morgan fingerprint density at radius 3 is 2.45 bits per heavy atom. The molecule has 29 heavy (non-hydrogen) atoms. The molecule has 0 aliphatic heterocycles. The van der Waals surface area contributed by atoms with E-state index in [1.807, 2.05) is 18.2 Å². The average molecular weight is 476 g/mol. The molecule has 0 unspecified atom stereocenters. The Hall–Kier alpha value is -2.26. The maximum atomic E-state index is 13.0. The van der Waals surface area contributed by atoms with E-state index in [0.29, 0.717) is 12.2 Å². The summed E-state index contributed by atoms with van der Waals surface area (Å²) >= 11 is 3.36. The van der Waals surface area contributed by atoms with Crippen molar-refractivity contribution in [2.24, 2.45) is 0 Å². The molecule has 0 radical (unpaired) electrons. The summed E-state index contributed by atoms with van der Waals surface area (Å²) in [5, 5.41) is 2.49. The number of methoxy groups -OCH3 is 1. The maximum absolute atomic E-state index is 13.0. The summed E-state index contributed by atoms with van der Waals surface area (Å²) in [5.74, 6) is 0.365. The number of benzene rings is 2. The molecule has 2 aromatic rings. The van der Waals surface area contributed by atoms with Gasteiger partial charge in [-0.15, -0.1) is 0 Å². The largest absolute Gasteiger partial charge is 0.492 e. The average Bonchev–Trinajstić information content (AvgIpc) is 2.67. The second-order valence-electron chi connectivity index (χ2n) is 5.98. The topological polar surface area (TPSA) is 56.8 Å². The SMILES string of the molecule is COCCOc1ccc(C(F)(F)F)cc1NC(=O)CCCOc1ccccc1Br. The van der Waals surface area contributed by atoms with Crippen molar-refractivity contribution in [1.29, 1.82) is 0 Å². The second-order valence-corrected chi connectivity index (χ2v) is 6.83. The number of carbonyl (C=O) groups is 1. The van der Waals surface area contributed by atoms with Crippen LogP contribution in [0.15, 0.2) is 46.9 Å². The van der Waals surface area contributed by atoms with E-state index in [9.17, 15) is 18.0 Å². The third-order valence-electron chi connectivity index (χ3n) is 3.77. The summed E-state index contributed by atoms with van der Waals surface area (Å²) in [6.45, 7) is 0.696. The summed E-state index contributed by atoms with van der Waals surface area (Å²) in [4.78, 5) is 12.2. The number of para-hydroxylation sites is 1. The number of amides is 1. The Morgan fingerprint density at radius 1 is 1.03 bits per heavy atom. The molecule has 2 aromatic carbocycles. The van der Waals surface area contributed by atoms with Gasteiger partial charge in [-0.25, -0.2) is 0 Å². The maximum Gasteiger partial charge on any atom is 0.416 e. The zero-order chi connectivity index (χ0) is 21.3. The lowest BCUT2D eigenvalue weighted by atomic mass is 10.1. The Morgan fingerprint density at radius 2 is 1.76 bits per heavy atom. The number of rotatable bonds is 10.